The van der Waals surface area contributed by atoms with Crippen molar-refractivity contribution in [2.75, 3.05) is 7.11 Å². The molecule has 0 bridgehead atoms. The van der Waals surface area contributed by atoms with Gasteiger partial charge in [-0.3, -0.25) is 0 Å². The zero-order valence-electron chi connectivity index (χ0n) is 11.0. The third kappa shape index (κ3) is 3.36. The van der Waals surface area contributed by atoms with E-state index < -0.39 is 23.3 Å². The molecule has 0 radical (unpaired) electrons. The van der Waals surface area contributed by atoms with Crippen molar-refractivity contribution in [2.24, 2.45) is 0 Å². The minimum Gasteiger partial charge on any atom is -0.478 e. The van der Waals surface area contributed by atoms with Crippen molar-refractivity contribution in [3.05, 3.63) is 59.4 Å². The zero-order chi connectivity index (χ0) is 15.4. The predicted molar refractivity (Wildman–Crippen MR) is 71.2 cm³/mol. The van der Waals surface area contributed by atoms with Gasteiger partial charge in [-0.2, -0.15) is 0 Å². The Bertz CT molecular complexity index is 696. The van der Waals surface area contributed by atoms with Crippen LogP contribution in [0, 0.1) is 5.82 Å². The van der Waals surface area contributed by atoms with Gasteiger partial charge in [-0.25, -0.2) is 14.0 Å². The maximum atomic E-state index is 13.5. The largest absolute Gasteiger partial charge is 0.478 e. The summed E-state index contributed by atoms with van der Waals surface area (Å²) in [6.45, 7) is 0. The lowest BCUT2D eigenvalue weighted by atomic mass is 10.2. The summed E-state index contributed by atoms with van der Waals surface area (Å²) in [5.41, 5.74) is -0.150. The highest BCUT2D eigenvalue weighted by atomic mass is 19.1. The van der Waals surface area contributed by atoms with Gasteiger partial charge in [0, 0.05) is 6.07 Å². The molecule has 0 heterocycles. The van der Waals surface area contributed by atoms with E-state index >= 15 is 0 Å². The standard InChI is InChI=1S/C15H11FO5/c1-20-15(19)9-3-2-4-10(7-9)21-11-5-6-12(14(17)18)13(16)8-11/h2-8H,1H3,(H,17,18). The SMILES string of the molecule is COC(=O)c1cccc(Oc2ccc(C(=O)O)c(F)c2)c1. The molecule has 6 heteroatoms. The summed E-state index contributed by atoms with van der Waals surface area (Å²) in [6, 6.07) is 9.56. The average molecular weight is 290 g/mol. The van der Waals surface area contributed by atoms with Crippen molar-refractivity contribution in [3.8, 4) is 11.5 Å². The molecule has 0 unspecified atom stereocenters. The van der Waals surface area contributed by atoms with Gasteiger partial charge >= 0.3 is 11.9 Å². The van der Waals surface area contributed by atoms with E-state index in [-0.39, 0.29) is 11.3 Å². The normalized spacial score (nSPS) is 10.0. The number of carboxylic acids is 1. The lowest BCUT2D eigenvalue weighted by Crippen LogP contribution is -2.01. The summed E-state index contributed by atoms with van der Waals surface area (Å²) in [5.74, 6) is -2.34. The summed E-state index contributed by atoms with van der Waals surface area (Å²) in [4.78, 5) is 22.1. The summed E-state index contributed by atoms with van der Waals surface area (Å²) >= 11 is 0. The molecule has 0 aromatic heterocycles. The molecule has 0 aliphatic heterocycles. The minimum atomic E-state index is -1.35. The number of hydrogen-bond acceptors (Lipinski definition) is 4. The number of carboxylic acid groups (broad SMARTS) is 1. The van der Waals surface area contributed by atoms with Gasteiger partial charge in [0.15, 0.2) is 0 Å². The second kappa shape index (κ2) is 6.04. The molecule has 21 heavy (non-hydrogen) atoms. The smallest absolute Gasteiger partial charge is 0.338 e. The number of benzene rings is 2. The number of halogens is 1. The third-order valence-electron chi connectivity index (χ3n) is 2.66. The summed E-state index contributed by atoms with van der Waals surface area (Å²) in [6.07, 6.45) is 0. The Kier molecular flexibility index (Phi) is 4.18. The maximum absolute atomic E-state index is 13.5. The van der Waals surface area contributed by atoms with Crippen molar-refractivity contribution in [3.63, 3.8) is 0 Å². The Balaban J connectivity index is 2.24. The summed E-state index contributed by atoms with van der Waals surface area (Å²) in [7, 11) is 1.26. The van der Waals surface area contributed by atoms with Crippen LogP contribution in [0.25, 0.3) is 0 Å². The van der Waals surface area contributed by atoms with Crippen LogP contribution in [0.5, 0.6) is 11.5 Å². The van der Waals surface area contributed by atoms with E-state index in [1.54, 1.807) is 18.2 Å². The molecule has 0 spiro atoms. The molecular formula is C15H11FO5. The second-order valence-corrected chi connectivity index (χ2v) is 4.07. The fourth-order valence-corrected chi connectivity index (χ4v) is 1.67. The van der Waals surface area contributed by atoms with Gasteiger partial charge in [0.2, 0.25) is 0 Å². The first-order valence-electron chi connectivity index (χ1n) is 5.90. The van der Waals surface area contributed by atoms with Gasteiger partial charge in [0.1, 0.15) is 17.3 Å². The Morgan fingerprint density at radius 1 is 1.10 bits per heavy atom. The number of ether oxygens (including phenoxy) is 2. The van der Waals surface area contributed by atoms with Crippen LogP contribution in [0.15, 0.2) is 42.5 Å². The number of carbonyl (C=O) groups excluding carboxylic acids is 1. The Morgan fingerprint density at radius 2 is 1.81 bits per heavy atom. The van der Waals surface area contributed by atoms with Gasteiger partial charge in [-0.1, -0.05) is 6.07 Å². The zero-order valence-corrected chi connectivity index (χ0v) is 11.0. The van der Waals surface area contributed by atoms with Gasteiger partial charge in [0.05, 0.1) is 18.2 Å². The van der Waals surface area contributed by atoms with Crippen LogP contribution < -0.4 is 4.74 Å². The molecule has 0 atom stereocenters. The molecule has 2 aromatic carbocycles. The van der Waals surface area contributed by atoms with Crippen LogP contribution in [-0.4, -0.2) is 24.2 Å². The third-order valence-corrected chi connectivity index (χ3v) is 2.66. The van der Waals surface area contributed by atoms with E-state index in [1.807, 2.05) is 0 Å². The van der Waals surface area contributed by atoms with Crippen molar-refractivity contribution in [1.29, 1.82) is 0 Å². The summed E-state index contributed by atoms with van der Waals surface area (Å²) in [5, 5.41) is 8.74. The molecule has 0 aliphatic rings. The highest BCUT2D eigenvalue weighted by Gasteiger charge is 2.12. The van der Waals surface area contributed by atoms with Crippen molar-refractivity contribution >= 4 is 11.9 Å². The molecule has 0 amide bonds. The van der Waals surface area contributed by atoms with E-state index in [9.17, 15) is 14.0 Å². The van der Waals surface area contributed by atoms with E-state index in [0.717, 1.165) is 12.1 Å². The van der Waals surface area contributed by atoms with E-state index in [0.29, 0.717) is 5.75 Å². The number of rotatable bonds is 4. The van der Waals surface area contributed by atoms with E-state index in [4.69, 9.17) is 9.84 Å². The topological polar surface area (TPSA) is 72.8 Å². The highest BCUT2D eigenvalue weighted by Crippen LogP contribution is 2.24. The molecule has 0 fully saturated rings. The molecule has 0 saturated carbocycles. The van der Waals surface area contributed by atoms with Gasteiger partial charge in [-0.15, -0.1) is 0 Å². The Morgan fingerprint density at radius 3 is 2.43 bits per heavy atom. The molecule has 2 rings (SSSR count). The second-order valence-electron chi connectivity index (χ2n) is 4.07. The van der Waals surface area contributed by atoms with Gasteiger partial charge in [0.25, 0.3) is 0 Å². The molecule has 2 aromatic rings. The molecular weight excluding hydrogens is 279 g/mol. The van der Waals surface area contributed by atoms with Crippen LogP contribution in [0.1, 0.15) is 20.7 Å². The van der Waals surface area contributed by atoms with Gasteiger partial charge < -0.3 is 14.6 Å². The first kappa shape index (κ1) is 14.5. The fraction of sp³-hybridized carbons (Fsp3) is 0.0667. The van der Waals surface area contributed by atoms with Crippen LogP contribution in [0.3, 0.4) is 0 Å². The lowest BCUT2D eigenvalue weighted by molar-refractivity contribution is 0.0599. The van der Waals surface area contributed by atoms with Crippen molar-refractivity contribution < 1.29 is 28.6 Å². The van der Waals surface area contributed by atoms with Crippen LogP contribution in [0.2, 0.25) is 0 Å². The first-order chi connectivity index (χ1) is 10.0. The molecule has 5 nitrogen and oxygen atoms in total. The number of aromatic carboxylic acids is 1. The number of hydrogen-bond donors (Lipinski definition) is 1. The Labute approximate surface area is 119 Å². The number of methoxy groups -OCH3 is 1. The average Bonchev–Trinajstić information content (AvgIpc) is 2.46. The minimum absolute atomic E-state index is 0.125. The molecule has 0 saturated heterocycles. The van der Waals surface area contributed by atoms with E-state index in [2.05, 4.69) is 4.74 Å². The molecule has 1 N–H and O–H groups in total. The number of esters is 1. The van der Waals surface area contributed by atoms with E-state index in [1.165, 1.54) is 19.2 Å². The first-order valence-corrected chi connectivity index (χ1v) is 5.90. The van der Waals surface area contributed by atoms with Crippen LogP contribution in [-0.2, 0) is 4.74 Å². The summed E-state index contributed by atoms with van der Waals surface area (Å²) < 4.78 is 23.5. The monoisotopic (exact) mass is 290 g/mol. The quantitative estimate of drug-likeness (QED) is 0.876. The Hall–Kier alpha value is -2.89. The molecule has 108 valence electrons. The van der Waals surface area contributed by atoms with Crippen LogP contribution >= 0.6 is 0 Å². The molecule has 0 aliphatic carbocycles. The predicted octanol–water partition coefficient (Wildman–Crippen LogP) is 3.10. The van der Waals surface area contributed by atoms with Crippen LogP contribution in [0.4, 0.5) is 4.39 Å². The van der Waals surface area contributed by atoms with Crippen molar-refractivity contribution in [1.82, 2.24) is 0 Å². The maximum Gasteiger partial charge on any atom is 0.338 e. The highest BCUT2D eigenvalue weighted by molar-refractivity contribution is 5.89. The lowest BCUT2D eigenvalue weighted by Gasteiger charge is -2.08. The fourth-order valence-electron chi connectivity index (χ4n) is 1.67. The van der Waals surface area contributed by atoms with Crippen molar-refractivity contribution in [2.45, 2.75) is 0 Å². The number of carbonyl (C=O) groups is 2. The van der Waals surface area contributed by atoms with Gasteiger partial charge in [-0.05, 0) is 30.3 Å².